The topological polar surface area (TPSA) is 120 Å². The molecule has 25 heavy (non-hydrogen) atoms. The molecule has 10 nitrogen and oxygen atoms in total. The molecule has 2 aromatic heterocycles. The Balaban J connectivity index is 1.96. The minimum Gasteiger partial charge on any atom is -0.463 e. The van der Waals surface area contributed by atoms with Gasteiger partial charge in [0.2, 0.25) is 0 Å². The van der Waals surface area contributed by atoms with Gasteiger partial charge in [0.1, 0.15) is 12.9 Å². The van der Waals surface area contributed by atoms with Crippen LogP contribution >= 0.6 is 11.6 Å². The molecule has 0 fully saturated rings. The zero-order valence-electron chi connectivity index (χ0n) is 12.8. The van der Waals surface area contributed by atoms with Crippen molar-refractivity contribution in [1.82, 2.24) is 24.4 Å². The predicted molar refractivity (Wildman–Crippen MR) is 86.3 cm³/mol. The summed E-state index contributed by atoms with van der Waals surface area (Å²) in [5.74, 6) is -0.611. The van der Waals surface area contributed by atoms with E-state index in [1.807, 2.05) is 0 Å². The van der Waals surface area contributed by atoms with Gasteiger partial charge in [0, 0.05) is 23.3 Å². The second kappa shape index (κ2) is 6.69. The van der Waals surface area contributed by atoms with Gasteiger partial charge in [0.05, 0.1) is 0 Å². The number of aryl methyl sites for hydroxylation is 1. The van der Waals surface area contributed by atoms with Crippen molar-refractivity contribution >= 4 is 35.3 Å². The van der Waals surface area contributed by atoms with Crippen molar-refractivity contribution in [2.45, 2.75) is 6.61 Å². The van der Waals surface area contributed by atoms with E-state index >= 15 is 0 Å². The Kier molecular flexibility index (Phi) is 4.44. The van der Waals surface area contributed by atoms with E-state index in [0.29, 0.717) is 16.3 Å². The lowest BCUT2D eigenvalue weighted by atomic mass is 10.2. The fraction of sp³-hybridized carbons (Fsp3) is 0.143. The van der Waals surface area contributed by atoms with Gasteiger partial charge in [-0.15, -0.1) is 5.10 Å². The van der Waals surface area contributed by atoms with Crippen LogP contribution in [0.5, 0.6) is 0 Å². The SMILES string of the molecule is Cn1nnc2c(C(=O)Nc3cccc(Cl)c3COC=O)ncn2c1=O. The summed E-state index contributed by atoms with van der Waals surface area (Å²) < 4.78 is 6.83. The van der Waals surface area contributed by atoms with Crippen molar-refractivity contribution in [3.63, 3.8) is 0 Å². The third-order valence-electron chi connectivity index (χ3n) is 3.38. The molecule has 0 radical (unpaired) electrons. The first-order chi connectivity index (χ1) is 12.0. The molecular weight excluding hydrogens is 352 g/mol. The summed E-state index contributed by atoms with van der Waals surface area (Å²) in [7, 11) is 1.43. The van der Waals surface area contributed by atoms with Gasteiger partial charge in [0.15, 0.2) is 11.3 Å². The zero-order valence-corrected chi connectivity index (χ0v) is 13.6. The van der Waals surface area contributed by atoms with E-state index in [-0.39, 0.29) is 24.4 Å². The largest absolute Gasteiger partial charge is 0.463 e. The van der Waals surface area contributed by atoms with Crippen LogP contribution in [0.4, 0.5) is 5.69 Å². The molecular formula is C14H11ClN6O4. The lowest BCUT2D eigenvalue weighted by Gasteiger charge is -2.11. The molecule has 2 heterocycles. The maximum atomic E-state index is 12.5. The molecule has 0 spiro atoms. The molecule has 1 amide bonds. The number of hydrogen-bond acceptors (Lipinski definition) is 7. The molecule has 0 bridgehead atoms. The van der Waals surface area contributed by atoms with E-state index in [2.05, 4.69) is 20.6 Å². The number of carbonyl (C=O) groups is 2. The highest BCUT2D eigenvalue weighted by Gasteiger charge is 2.19. The maximum absolute atomic E-state index is 12.5. The number of imidazole rings is 1. The molecule has 0 aliphatic carbocycles. The number of halogens is 1. The second-order valence-corrected chi connectivity index (χ2v) is 5.32. The van der Waals surface area contributed by atoms with Gasteiger partial charge in [-0.25, -0.2) is 14.2 Å². The number of amides is 1. The summed E-state index contributed by atoms with van der Waals surface area (Å²) in [6.45, 7) is 0.173. The van der Waals surface area contributed by atoms with Crippen molar-refractivity contribution in [3.8, 4) is 0 Å². The monoisotopic (exact) mass is 362 g/mol. The lowest BCUT2D eigenvalue weighted by molar-refractivity contribution is -0.129. The van der Waals surface area contributed by atoms with Gasteiger partial charge in [-0.3, -0.25) is 9.59 Å². The van der Waals surface area contributed by atoms with Crippen molar-refractivity contribution in [2.24, 2.45) is 7.05 Å². The highest BCUT2D eigenvalue weighted by Crippen LogP contribution is 2.25. The van der Waals surface area contributed by atoms with E-state index in [1.54, 1.807) is 18.2 Å². The highest BCUT2D eigenvalue weighted by molar-refractivity contribution is 6.31. The van der Waals surface area contributed by atoms with E-state index in [1.165, 1.54) is 13.4 Å². The first kappa shape index (κ1) is 16.6. The molecule has 11 heteroatoms. The predicted octanol–water partition coefficient (Wildman–Crippen LogP) is 0.402. The second-order valence-electron chi connectivity index (χ2n) is 4.91. The Morgan fingerprint density at radius 2 is 2.24 bits per heavy atom. The Bertz CT molecular complexity index is 1030. The number of fused-ring (bicyclic) bond motifs is 1. The summed E-state index contributed by atoms with van der Waals surface area (Å²) in [4.78, 5) is 38.8. The molecule has 1 aromatic carbocycles. The van der Waals surface area contributed by atoms with Crippen LogP contribution in [0.25, 0.3) is 5.65 Å². The number of hydrogen-bond donors (Lipinski definition) is 1. The van der Waals surface area contributed by atoms with E-state index < -0.39 is 11.6 Å². The Morgan fingerprint density at radius 3 is 3.00 bits per heavy atom. The van der Waals surface area contributed by atoms with Gasteiger partial charge in [-0.05, 0) is 12.1 Å². The van der Waals surface area contributed by atoms with Crippen LogP contribution in [0.1, 0.15) is 16.1 Å². The molecule has 0 atom stereocenters. The number of carbonyl (C=O) groups excluding carboxylic acids is 2. The van der Waals surface area contributed by atoms with E-state index in [9.17, 15) is 14.4 Å². The molecule has 0 saturated carbocycles. The van der Waals surface area contributed by atoms with Crippen molar-refractivity contribution in [3.05, 3.63) is 51.3 Å². The van der Waals surface area contributed by atoms with Gasteiger partial charge in [0.25, 0.3) is 12.4 Å². The first-order valence-corrected chi connectivity index (χ1v) is 7.31. The van der Waals surface area contributed by atoms with Crippen molar-refractivity contribution in [1.29, 1.82) is 0 Å². The zero-order chi connectivity index (χ0) is 18.0. The quantitative estimate of drug-likeness (QED) is 0.652. The average Bonchev–Trinajstić information content (AvgIpc) is 3.02. The third kappa shape index (κ3) is 3.06. The van der Waals surface area contributed by atoms with Crippen LogP contribution in [-0.2, 0) is 23.2 Å². The highest BCUT2D eigenvalue weighted by atomic mass is 35.5. The summed E-state index contributed by atoms with van der Waals surface area (Å²) in [5.41, 5.74) is 0.229. The average molecular weight is 363 g/mol. The third-order valence-corrected chi connectivity index (χ3v) is 3.73. The Morgan fingerprint density at radius 1 is 1.44 bits per heavy atom. The molecule has 0 unspecified atom stereocenters. The standard InChI is InChI=1S/C14H11ClN6O4/c1-20-14(24)21-6-16-11(12(21)18-19-20)13(23)17-10-4-2-3-9(15)8(10)5-25-7-22/h2-4,6-7H,5H2,1H3,(H,17,23). The molecule has 0 aliphatic heterocycles. The molecule has 0 aliphatic rings. The van der Waals surface area contributed by atoms with Crippen molar-refractivity contribution in [2.75, 3.05) is 5.32 Å². The number of rotatable bonds is 5. The molecule has 0 saturated heterocycles. The molecule has 128 valence electrons. The van der Waals surface area contributed by atoms with Crippen LogP contribution in [0.2, 0.25) is 5.02 Å². The summed E-state index contributed by atoms with van der Waals surface area (Å²) >= 11 is 6.07. The van der Waals surface area contributed by atoms with Crippen LogP contribution in [0, 0.1) is 0 Å². The summed E-state index contributed by atoms with van der Waals surface area (Å²) in [6, 6.07) is 4.82. The maximum Gasteiger partial charge on any atom is 0.352 e. The van der Waals surface area contributed by atoms with Gasteiger partial charge in [-0.1, -0.05) is 22.9 Å². The smallest absolute Gasteiger partial charge is 0.352 e. The first-order valence-electron chi connectivity index (χ1n) is 6.94. The van der Waals surface area contributed by atoms with E-state index in [4.69, 9.17) is 16.3 Å². The summed E-state index contributed by atoms with van der Waals surface area (Å²) in [6.07, 6.45) is 1.19. The van der Waals surface area contributed by atoms with Gasteiger partial charge < -0.3 is 10.1 Å². The van der Waals surface area contributed by atoms with Crippen LogP contribution in [0.15, 0.2) is 29.3 Å². The molecule has 3 rings (SSSR count). The molecule has 1 N–H and O–H groups in total. The van der Waals surface area contributed by atoms with Crippen molar-refractivity contribution < 1.29 is 14.3 Å². The fourth-order valence-electron chi connectivity index (χ4n) is 2.16. The Hall–Kier alpha value is -3.27. The minimum absolute atomic E-state index is 0.0216. The minimum atomic E-state index is -0.611. The Labute approximate surface area is 145 Å². The number of ether oxygens (including phenoxy) is 1. The number of anilines is 1. The molecule has 3 aromatic rings. The fourth-order valence-corrected chi connectivity index (χ4v) is 2.39. The van der Waals surface area contributed by atoms with Gasteiger partial charge in [-0.2, -0.15) is 4.68 Å². The lowest BCUT2D eigenvalue weighted by Crippen LogP contribution is -2.27. The number of nitrogens with one attached hydrogen (secondary N) is 1. The summed E-state index contributed by atoms with van der Waals surface area (Å²) in [5, 5.41) is 10.4. The normalized spacial score (nSPS) is 10.6. The van der Waals surface area contributed by atoms with Crippen LogP contribution in [-0.4, -0.2) is 36.8 Å². The van der Waals surface area contributed by atoms with Crippen LogP contribution < -0.4 is 11.0 Å². The van der Waals surface area contributed by atoms with Crippen LogP contribution in [0.3, 0.4) is 0 Å². The van der Waals surface area contributed by atoms with Gasteiger partial charge >= 0.3 is 5.69 Å². The number of benzene rings is 1. The van der Waals surface area contributed by atoms with E-state index in [0.717, 1.165) is 9.08 Å². The number of aromatic nitrogens is 5. The number of nitrogens with zero attached hydrogens (tertiary/aromatic N) is 5.